The molecule has 3 unspecified atom stereocenters. The van der Waals surface area contributed by atoms with E-state index in [4.69, 9.17) is 4.98 Å². The zero-order valence-electron chi connectivity index (χ0n) is 18.5. The Balaban J connectivity index is 1.28. The van der Waals surface area contributed by atoms with Crippen LogP contribution >= 0.6 is 0 Å². The number of amides is 2. The van der Waals surface area contributed by atoms with Crippen LogP contribution in [0, 0.1) is 18.8 Å². The number of imidazole rings is 1. The molecule has 7 heteroatoms. The Morgan fingerprint density at radius 2 is 1.81 bits per heavy atom. The highest BCUT2D eigenvalue weighted by atomic mass is 19.1. The Hall–Kier alpha value is -1.92. The number of aromatic nitrogens is 2. The van der Waals surface area contributed by atoms with Crippen molar-refractivity contribution in [1.29, 1.82) is 0 Å². The van der Waals surface area contributed by atoms with E-state index in [2.05, 4.69) is 22.1 Å². The van der Waals surface area contributed by atoms with Crippen molar-refractivity contribution in [2.24, 2.45) is 11.8 Å². The highest BCUT2D eigenvalue weighted by Gasteiger charge is 2.52. The maximum absolute atomic E-state index is 13.4. The summed E-state index contributed by atoms with van der Waals surface area (Å²) in [4.78, 5) is 30.8. The van der Waals surface area contributed by atoms with Gasteiger partial charge in [0.15, 0.2) is 0 Å². The summed E-state index contributed by atoms with van der Waals surface area (Å²) < 4.78 is 15.8. The Morgan fingerprint density at radius 1 is 1.06 bits per heavy atom. The second-order valence-electron chi connectivity index (χ2n) is 10.4. The van der Waals surface area contributed by atoms with Crippen molar-refractivity contribution in [2.45, 2.75) is 108 Å². The molecule has 3 saturated carbocycles. The summed E-state index contributed by atoms with van der Waals surface area (Å²) in [7, 11) is 0. The van der Waals surface area contributed by atoms with Crippen LogP contribution in [0.3, 0.4) is 0 Å². The maximum Gasteiger partial charge on any atom is 0.246 e. The Morgan fingerprint density at radius 3 is 2.55 bits per heavy atom. The third kappa shape index (κ3) is 4.00. The fraction of sp³-hybridized carbons (Fsp3) is 0.792. The monoisotopic (exact) mass is 430 g/mol. The highest BCUT2D eigenvalue weighted by molar-refractivity contribution is 5.94. The number of hydrogen-bond acceptors (Lipinski definition) is 3. The van der Waals surface area contributed by atoms with Crippen molar-refractivity contribution in [3.8, 4) is 0 Å². The van der Waals surface area contributed by atoms with Gasteiger partial charge in [-0.1, -0.05) is 12.8 Å². The van der Waals surface area contributed by atoms with Gasteiger partial charge in [-0.05, 0) is 77.0 Å². The zero-order chi connectivity index (χ0) is 21.6. The first kappa shape index (κ1) is 21.0. The van der Waals surface area contributed by atoms with E-state index in [1.165, 1.54) is 31.4 Å². The molecular formula is C24H35FN4O2. The first-order chi connectivity index (χ1) is 15.0. The lowest BCUT2D eigenvalue weighted by molar-refractivity contribution is -0.133. The SMILES string of the molecule is Cc1cnc2n1C1CCCCC1CCC2NC(=O)C1(NC(=O)C2CCC(F)CC2)CC1. The predicted octanol–water partition coefficient (Wildman–Crippen LogP) is 4.05. The summed E-state index contributed by atoms with van der Waals surface area (Å²) >= 11 is 0. The molecule has 0 bridgehead atoms. The van der Waals surface area contributed by atoms with Gasteiger partial charge < -0.3 is 15.2 Å². The third-order valence-corrected chi connectivity index (χ3v) is 8.23. The summed E-state index contributed by atoms with van der Waals surface area (Å²) in [5.41, 5.74) is 0.390. The molecule has 2 amide bonds. The topological polar surface area (TPSA) is 76.0 Å². The fourth-order valence-corrected chi connectivity index (χ4v) is 6.15. The number of halogens is 1. The van der Waals surface area contributed by atoms with E-state index in [-0.39, 0.29) is 23.8 Å². The minimum atomic E-state index is -0.784. The van der Waals surface area contributed by atoms with Crippen LogP contribution in [0.1, 0.15) is 101 Å². The number of aryl methyl sites for hydroxylation is 1. The van der Waals surface area contributed by atoms with Gasteiger partial charge in [0.1, 0.15) is 17.5 Å². The number of nitrogens with zero attached hydrogens (tertiary/aromatic N) is 2. The number of rotatable bonds is 4. The molecule has 0 radical (unpaired) electrons. The van der Waals surface area contributed by atoms with Crippen molar-refractivity contribution in [3.05, 3.63) is 17.7 Å². The standard InChI is InChI=1S/C24H35FN4O2/c1-15-14-26-21-19(11-8-16-4-2-3-5-20(16)29(15)21)27-23(31)24(12-13-24)28-22(30)17-6-9-18(25)10-7-17/h14,16-20H,2-13H2,1H3,(H,27,31)(H,28,30). The molecule has 1 aromatic rings. The number of alkyl halides is 1. The van der Waals surface area contributed by atoms with E-state index < -0.39 is 11.7 Å². The number of carbonyl (C=O) groups is 2. The van der Waals surface area contributed by atoms with Crippen LogP contribution in [0.5, 0.6) is 0 Å². The first-order valence-electron chi connectivity index (χ1n) is 12.3. The molecule has 2 N–H and O–H groups in total. The second kappa shape index (κ2) is 8.21. The summed E-state index contributed by atoms with van der Waals surface area (Å²) in [6, 6.07) is 0.386. The summed E-state index contributed by atoms with van der Waals surface area (Å²) in [5.74, 6) is 1.30. The predicted molar refractivity (Wildman–Crippen MR) is 115 cm³/mol. The van der Waals surface area contributed by atoms with Gasteiger partial charge in [0.25, 0.3) is 0 Å². The van der Waals surface area contributed by atoms with Crippen molar-refractivity contribution in [2.75, 3.05) is 0 Å². The lowest BCUT2D eigenvalue weighted by Crippen LogP contribution is -2.51. The number of carbonyl (C=O) groups excluding carboxylic acids is 2. The molecule has 170 valence electrons. The Bertz CT molecular complexity index is 841. The average Bonchev–Trinajstić information content (AvgIpc) is 3.48. The van der Waals surface area contributed by atoms with Crippen LogP contribution in [0.15, 0.2) is 6.20 Å². The second-order valence-corrected chi connectivity index (χ2v) is 10.4. The van der Waals surface area contributed by atoms with Crippen molar-refractivity contribution in [1.82, 2.24) is 20.2 Å². The molecule has 5 rings (SSSR count). The molecular weight excluding hydrogens is 395 g/mol. The van der Waals surface area contributed by atoms with Gasteiger partial charge in [-0.3, -0.25) is 9.59 Å². The Kier molecular flexibility index (Phi) is 5.55. The van der Waals surface area contributed by atoms with Gasteiger partial charge in [-0.25, -0.2) is 9.37 Å². The molecule has 4 aliphatic rings. The molecule has 2 heterocycles. The van der Waals surface area contributed by atoms with Crippen molar-refractivity contribution >= 4 is 11.8 Å². The summed E-state index contributed by atoms with van der Waals surface area (Å²) in [6.07, 6.45) is 11.5. The molecule has 0 spiro atoms. The minimum Gasteiger partial charge on any atom is -0.344 e. The van der Waals surface area contributed by atoms with E-state index in [1.54, 1.807) is 0 Å². The quantitative estimate of drug-likeness (QED) is 0.757. The van der Waals surface area contributed by atoms with Crippen LogP contribution in [0.2, 0.25) is 0 Å². The molecule has 31 heavy (non-hydrogen) atoms. The summed E-state index contributed by atoms with van der Waals surface area (Å²) in [6.45, 7) is 2.11. The first-order valence-corrected chi connectivity index (χ1v) is 12.3. The smallest absolute Gasteiger partial charge is 0.246 e. The zero-order valence-corrected chi connectivity index (χ0v) is 18.5. The van der Waals surface area contributed by atoms with E-state index in [1.807, 2.05) is 6.20 Å². The molecule has 0 aromatic carbocycles. The third-order valence-electron chi connectivity index (χ3n) is 8.23. The Labute approximate surface area is 183 Å². The van der Waals surface area contributed by atoms with Gasteiger partial charge in [-0.15, -0.1) is 0 Å². The van der Waals surface area contributed by atoms with Crippen molar-refractivity contribution in [3.63, 3.8) is 0 Å². The summed E-state index contributed by atoms with van der Waals surface area (Å²) in [5, 5.41) is 6.29. The van der Waals surface area contributed by atoms with Crippen molar-refractivity contribution < 1.29 is 14.0 Å². The van der Waals surface area contributed by atoms with E-state index in [9.17, 15) is 14.0 Å². The van der Waals surface area contributed by atoms with Gasteiger partial charge in [0, 0.05) is 23.9 Å². The molecule has 0 saturated heterocycles. The maximum atomic E-state index is 13.4. The minimum absolute atomic E-state index is 0.0798. The molecule has 1 aliphatic heterocycles. The molecule has 6 nitrogen and oxygen atoms in total. The van der Waals surface area contributed by atoms with Gasteiger partial charge >= 0.3 is 0 Å². The van der Waals surface area contributed by atoms with E-state index >= 15 is 0 Å². The van der Waals surface area contributed by atoms with Gasteiger partial charge in [0.05, 0.1) is 6.04 Å². The normalized spacial score (nSPS) is 34.1. The fourth-order valence-electron chi connectivity index (χ4n) is 6.15. The van der Waals surface area contributed by atoms with Crippen LogP contribution < -0.4 is 10.6 Å². The van der Waals surface area contributed by atoms with Crippen LogP contribution in [0.25, 0.3) is 0 Å². The number of nitrogens with one attached hydrogen (secondary N) is 2. The highest BCUT2D eigenvalue weighted by Crippen LogP contribution is 2.44. The lowest BCUT2D eigenvalue weighted by atomic mass is 9.82. The van der Waals surface area contributed by atoms with E-state index in [0.29, 0.717) is 50.5 Å². The number of fused-ring (bicyclic) bond motifs is 3. The van der Waals surface area contributed by atoms with E-state index in [0.717, 1.165) is 18.7 Å². The van der Waals surface area contributed by atoms with Gasteiger partial charge in [0.2, 0.25) is 11.8 Å². The van der Waals surface area contributed by atoms with Crippen LogP contribution in [-0.2, 0) is 9.59 Å². The lowest BCUT2D eigenvalue weighted by Gasteiger charge is -2.32. The van der Waals surface area contributed by atoms with Gasteiger partial charge in [-0.2, -0.15) is 0 Å². The molecule has 3 fully saturated rings. The van der Waals surface area contributed by atoms with Crippen LogP contribution in [0.4, 0.5) is 4.39 Å². The number of hydrogen-bond donors (Lipinski definition) is 2. The molecule has 1 aromatic heterocycles. The molecule has 3 aliphatic carbocycles. The van der Waals surface area contributed by atoms with Crippen LogP contribution in [-0.4, -0.2) is 33.1 Å². The largest absolute Gasteiger partial charge is 0.344 e. The molecule has 3 atom stereocenters. The average molecular weight is 431 g/mol.